The van der Waals surface area contributed by atoms with Crippen LogP contribution in [0, 0.1) is 0 Å². The first-order valence-electron chi connectivity index (χ1n) is 6.33. The number of Topliss-reactive ketones (excluding diaryl/α,β-unsaturated/α-hetero) is 1. The van der Waals surface area contributed by atoms with Gasteiger partial charge < -0.3 is 14.6 Å². The number of carboxylic acids is 1. The van der Waals surface area contributed by atoms with Crippen LogP contribution >= 0.6 is 15.9 Å². The molecule has 1 aromatic carbocycles. The smallest absolute Gasteiger partial charge is 0.377 e. The van der Waals surface area contributed by atoms with Crippen LogP contribution in [0.2, 0.25) is 0 Å². The summed E-state index contributed by atoms with van der Waals surface area (Å²) in [6.07, 6.45) is 0.737. The van der Waals surface area contributed by atoms with Crippen LogP contribution in [0.3, 0.4) is 0 Å². The van der Waals surface area contributed by atoms with Gasteiger partial charge in [-0.2, -0.15) is 0 Å². The summed E-state index contributed by atoms with van der Waals surface area (Å²) in [6.45, 7) is 4.77. The molecule has 0 saturated carbocycles. The van der Waals surface area contributed by atoms with E-state index in [1.165, 1.54) is 6.07 Å². The van der Waals surface area contributed by atoms with Gasteiger partial charge in [0.1, 0.15) is 0 Å². The third-order valence-electron chi connectivity index (χ3n) is 3.03. The van der Waals surface area contributed by atoms with Crippen molar-refractivity contribution in [3.05, 3.63) is 21.7 Å². The zero-order valence-corrected chi connectivity index (χ0v) is 12.8. The first-order valence-corrected chi connectivity index (χ1v) is 7.12. The zero-order valence-electron chi connectivity index (χ0n) is 11.2. The Labute approximate surface area is 125 Å². The number of aliphatic carboxylic acids is 1. The van der Waals surface area contributed by atoms with E-state index in [0.717, 1.165) is 6.42 Å². The molecule has 0 amide bonds. The molecule has 20 heavy (non-hydrogen) atoms. The molecule has 0 fully saturated rings. The number of hydrogen-bond donors (Lipinski definition) is 1. The fourth-order valence-corrected chi connectivity index (χ4v) is 2.71. The van der Waals surface area contributed by atoms with Gasteiger partial charge in [0.25, 0.3) is 5.78 Å². The highest BCUT2D eigenvalue weighted by Gasteiger charge is 2.28. The molecule has 1 aromatic rings. The van der Waals surface area contributed by atoms with Gasteiger partial charge in [-0.05, 0) is 27.9 Å². The highest BCUT2D eigenvalue weighted by molar-refractivity contribution is 9.10. The Bertz CT molecular complexity index is 565. The molecule has 1 aliphatic heterocycles. The molecule has 0 unspecified atom stereocenters. The second-order valence-corrected chi connectivity index (χ2v) is 5.67. The van der Waals surface area contributed by atoms with E-state index in [2.05, 4.69) is 15.9 Å². The van der Waals surface area contributed by atoms with E-state index < -0.39 is 11.8 Å². The van der Waals surface area contributed by atoms with Crippen LogP contribution in [0.15, 0.2) is 10.5 Å². The van der Waals surface area contributed by atoms with Gasteiger partial charge in [0.15, 0.2) is 11.5 Å². The summed E-state index contributed by atoms with van der Waals surface area (Å²) < 4.78 is 11.9. The van der Waals surface area contributed by atoms with Gasteiger partial charge in [0.2, 0.25) is 0 Å². The number of fused-ring (bicyclic) bond motifs is 1. The molecular formula is C14H15BrO5. The zero-order chi connectivity index (χ0) is 14.9. The summed E-state index contributed by atoms with van der Waals surface area (Å²) in [5, 5.41) is 8.96. The number of carboxylic acid groups (broad SMARTS) is 1. The monoisotopic (exact) mass is 342 g/mol. The van der Waals surface area contributed by atoms with Crippen molar-refractivity contribution in [1.29, 1.82) is 0 Å². The minimum Gasteiger partial charge on any atom is -0.489 e. The number of halogens is 1. The molecule has 0 spiro atoms. The summed E-state index contributed by atoms with van der Waals surface area (Å²) in [5.74, 6) is -1.47. The van der Waals surface area contributed by atoms with Crippen molar-refractivity contribution in [3.63, 3.8) is 0 Å². The lowest BCUT2D eigenvalue weighted by molar-refractivity contribution is -0.131. The van der Waals surface area contributed by atoms with E-state index in [4.69, 9.17) is 14.6 Å². The van der Waals surface area contributed by atoms with Gasteiger partial charge in [0.05, 0.1) is 17.7 Å². The average Bonchev–Trinajstić information content (AvgIpc) is 2.62. The Kier molecular flexibility index (Phi) is 4.32. The van der Waals surface area contributed by atoms with Gasteiger partial charge in [-0.1, -0.05) is 13.8 Å². The van der Waals surface area contributed by atoms with Crippen molar-refractivity contribution in [1.82, 2.24) is 0 Å². The van der Waals surface area contributed by atoms with Crippen LogP contribution in [0.25, 0.3) is 0 Å². The maximum atomic E-state index is 11.9. The van der Waals surface area contributed by atoms with Gasteiger partial charge in [-0.25, -0.2) is 4.79 Å². The molecule has 0 aliphatic carbocycles. The molecule has 0 bridgehead atoms. The summed E-state index contributed by atoms with van der Waals surface area (Å²) >= 11 is 3.32. The van der Waals surface area contributed by atoms with Crippen molar-refractivity contribution >= 4 is 27.7 Å². The Hall–Kier alpha value is -1.56. The minimum absolute atomic E-state index is 0.0585. The van der Waals surface area contributed by atoms with E-state index >= 15 is 0 Å². The molecule has 0 aromatic heterocycles. The third-order valence-corrected chi connectivity index (χ3v) is 3.62. The summed E-state index contributed by atoms with van der Waals surface area (Å²) in [5.41, 5.74) is 0.723. The van der Waals surface area contributed by atoms with Crippen LogP contribution < -0.4 is 9.47 Å². The van der Waals surface area contributed by atoms with Crippen molar-refractivity contribution in [3.8, 4) is 11.5 Å². The first kappa shape index (κ1) is 14.8. The van der Waals surface area contributed by atoms with Crippen LogP contribution in [-0.2, 0) is 4.79 Å². The molecule has 6 heteroatoms. The van der Waals surface area contributed by atoms with Crippen LogP contribution in [0.1, 0.15) is 42.1 Å². The predicted molar refractivity (Wildman–Crippen MR) is 75.8 cm³/mol. The number of benzene rings is 1. The molecule has 108 valence electrons. The molecular weight excluding hydrogens is 328 g/mol. The Morgan fingerprint density at radius 3 is 2.40 bits per heavy atom. The highest BCUT2D eigenvalue weighted by atomic mass is 79.9. The number of hydrogen-bond acceptors (Lipinski definition) is 4. The lowest BCUT2D eigenvalue weighted by Crippen LogP contribution is -2.16. The van der Waals surface area contributed by atoms with Gasteiger partial charge >= 0.3 is 5.97 Å². The largest absolute Gasteiger partial charge is 0.489 e. The fourth-order valence-electron chi connectivity index (χ4n) is 2.18. The van der Waals surface area contributed by atoms with Crippen LogP contribution in [-0.4, -0.2) is 30.1 Å². The Morgan fingerprint density at radius 1 is 1.25 bits per heavy atom. The molecule has 0 atom stereocenters. The SMILES string of the molecule is CC(C)c1c(C(=O)C(=O)O)cc(Br)c2c1OCCCO2. The molecule has 0 saturated heterocycles. The standard InChI is InChI=1S/C14H15BrO5/c1-7(2)10-8(11(16)14(17)18)6-9(15)12-13(10)20-5-3-4-19-12/h6-7H,3-5H2,1-2H3,(H,17,18). The topological polar surface area (TPSA) is 72.8 Å². The van der Waals surface area contributed by atoms with Crippen molar-refractivity contribution in [2.75, 3.05) is 13.2 Å². The van der Waals surface area contributed by atoms with Gasteiger partial charge in [-0.3, -0.25) is 4.79 Å². The lowest BCUT2D eigenvalue weighted by atomic mass is 9.93. The molecule has 5 nitrogen and oxygen atoms in total. The van der Waals surface area contributed by atoms with E-state index in [1.807, 2.05) is 13.8 Å². The number of ether oxygens (including phenoxy) is 2. The molecule has 1 aliphatic rings. The van der Waals surface area contributed by atoms with Gasteiger partial charge in [-0.15, -0.1) is 0 Å². The van der Waals surface area contributed by atoms with Crippen molar-refractivity contribution in [2.45, 2.75) is 26.2 Å². The number of ketones is 1. The first-order chi connectivity index (χ1) is 9.43. The maximum absolute atomic E-state index is 11.9. The predicted octanol–water partition coefficient (Wildman–Crippen LogP) is 3.00. The number of carbonyl (C=O) groups is 2. The summed E-state index contributed by atoms with van der Waals surface area (Å²) in [7, 11) is 0. The average molecular weight is 343 g/mol. The highest BCUT2D eigenvalue weighted by Crippen LogP contribution is 2.44. The van der Waals surface area contributed by atoms with E-state index in [9.17, 15) is 9.59 Å². The van der Waals surface area contributed by atoms with E-state index in [1.54, 1.807) is 0 Å². The number of carbonyl (C=O) groups excluding carboxylic acids is 1. The molecule has 1 N–H and O–H groups in total. The summed E-state index contributed by atoms with van der Waals surface area (Å²) in [6, 6.07) is 1.50. The Morgan fingerprint density at radius 2 is 1.85 bits per heavy atom. The van der Waals surface area contributed by atoms with Crippen LogP contribution in [0.4, 0.5) is 0 Å². The normalized spacial score (nSPS) is 14.0. The second-order valence-electron chi connectivity index (χ2n) is 4.82. The summed E-state index contributed by atoms with van der Waals surface area (Å²) in [4.78, 5) is 22.9. The minimum atomic E-state index is -1.48. The molecule has 1 heterocycles. The van der Waals surface area contributed by atoms with E-state index in [0.29, 0.717) is 34.7 Å². The molecule has 0 radical (unpaired) electrons. The Balaban J connectivity index is 2.70. The number of rotatable bonds is 3. The lowest BCUT2D eigenvalue weighted by Gasteiger charge is -2.19. The quantitative estimate of drug-likeness (QED) is 0.675. The third kappa shape index (κ3) is 2.65. The maximum Gasteiger partial charge on any atom is 0.377 e. The fraction of sp³-hybridized carbons (Fsp3) is 0.429. The van der Waals surface area contributed by atoms with Crippen molar-refractivity contribution in [2.24, 2.45) is 0 Å². The van der Waals surface area contributed by atoms with Crippen molar-refractivity contribution < 1.29 is 24.2 Å². The van der Waals surface area contributed by atoms with E-state index in [-0.39, 0.29) is 11.5 Å². The molecule has 2 rings (SSSR count). The van der Waals surface area contributed by atoms with Crippen LogP contribution in [0.5, 0.6) is 11.5 Å². The van der Waals surface area contributed by atoms with Gasteiger partial charge in [0, 0.05) is 17.5 Å². The second kappa shape index (κ2) is 5.83.